The molecule has 1 heterocycles. The van der Waals surface area contributed by atoms with Crippen molar-refractivity contribution in [2.45, 2.75) is 46.8 Å². The van der Waals surface area contributed by atoms with Crippen LogP contribution < -0.4 is 15.4 Å². The predicted octanol–water partition coefficient (Wildman–Crippen LogP) is 2.98. The quantitative estimate of drug-likeness (QED) is 0.201. The van der Waals surface area contributed by atoms with E-state index in [1.807, 2.05) is 50.6 Å². The minimum absolute atomic E-state index is 0. The minimum Gasteiger partial charge on any atom is -0.489 e. The third-order valence-corrected chi connectivity index (χ3v) is 4.41. The number of nitrogens with zero attached hydrogens (tertiary/aromatic N) is 4. The maximum absolute atomic E-state index is 6.00. The van der Waals surface area contributed by atoms with Crippen molar-refractivity contribution in [2.24, 2.45) is 12.0 Å². The minimum atomic E-state index is -0.00991. The Balaban J connectivity index is 0.00000450. The Labute approximate surface area is 196 Å². The van der Waals surface area contributed by atoms with E-state index in [-0.39, 0.29) is 30.1 Å². The second kappa shape index (κ2) is 14.2. The Morgan fingerprint density at radius 1 is 1.23 bits per heavy atom. The summed E-state index contributed by atoms with van der Waals surface area (Å²) in [6.45, 7) is 11.3. The maximum atomic E-state index is 6.00. The molecule has 1 atom stereocenters. The molecule has 0 radical (unpaired) electrons. The van der Waals surface area contributed by atoms with Crippen LogP contribution in [0.4, 0.5) is 0 Å². The van der Waals surface area contributed by atoms with Gasteiger partial charge in [0.25, 0.3) is 0 Å². The topological polar surface area (TPSA) is 85.6 Å². The number of guanidine groups is 1. The second-order valence-electron chi connectivity index (χ2n) is 6.99. The molecule has 9 heteroatoms. The first-order valence-corrected chi connectivity index (χ1v) is 10.2. The number of hydrogen-bond donors (Lipinski definition) is 2. The smallest absolute Gasteiger partial charge is 0.191 e. The van der Waals surface area contributed by atoms with E-state index in [0.717, 1.165) is 49.5 Å². The Bertz CT molecular complexity index is 781. The van der Waals surface area contributed by atoms with Gasteiger partial charge in [-0.15, -0.1) is 34.2 Å². The highest BCUT2D eigenvalue weighted by Crippen LogP contribution is 2.13. The van der Waals surface area contributed by atoms with E-state index in [1.54, 1.807) is 0 Å². The van der Waals surface area contributed by atoms with E-state index in [4.69, 9.17) is 9.47 Å². The SMILES string of the molecule is CCOCCCNC(=NCc1nnc(C)n1C)NCC(C)Oc1cccc(C)c1.I. The first kappa shape index (κ1) is 26.2. The molecule has 0 aliphatic carbocycles. The van der Waals surface area contributed by atoms with E-state index < -0.39 is 0 Å². The zero-order valence-corrected chi connectivity index (χ0v) is 21.0. The number of aryl methyl sites for hydroxylation is 2. The Morgan fingerprint density at radius 2 is 2.03 bits per heavy atom. The van der Waals surface area contributed by atoms with Crippen LogP contribution in [0.15, 0.2) is 29.3 Å². The molecule has 30 heavy (non-hydrogen) atoms. The number of hydrogen-bond acceptors (Lipinski definition) is 5. The van der Waals surface area contributed by atoms with Gasteiger partial charge in [0.05, 0.1) is 6.54 Å². The molecule has 8 nitrogen and oxygen atoms in total. The Hall–Kier alpha value is -1.88. The van der Waals surface area contributed by atoms with E-state index in [0.29, 0.717) is 13.1 Å². The first-order chi connectivity index (χ1) is 14.0. The average Bonchev–Trinajstić information content (AvgIpc) is 3.01. The molecule has 2 rings (SSSR count). The van der Waals surface area contributed by atoms with Gasteiger partial charge in [0.2, 0.25) is 0 Å². The summed E-state index contributed by atoms with van der Waals surface area (Å²) in [6.07, 6.45) is 0.900. The number of ether oxygens (including phenoxy) is 2. The van der Waals surface area contributed by atoms with Crippen molar-refractivity contribution < 1.29 is 9.47 Å². The lowest BCUT2D eigenvalue weighted by atomic mass is 10.2. The van der Waals surface area contributed by atoms with Gasteiger partial charge in [0, 0.05) is 26.8 Å². The number of benzene rings is 1. The summed E-state index contributed by atoms with van der Waals surface area (Å²) in [4.78, 5) is 4.65. The molecule has 1 aromatic carbocycles. The van der Waals surface area contributed by atoms with Gasteiger partial charge in [-0.3, -0.25) is 0 Å². The van der Waals surface area contributed by atoms with Gasteiger partial charge in [-0.25, -0.2) is 4.99 Å². The van der Waals surface area contributed by atoms with E-state index in [1.165, 1.54) is 5.56 Å². The summed E-state index contributed by atoms with van der Waals surface area (Å²) in [5, 5.41) is 15.0. The van der Waals surface area contributed by atoms with Crippen LogP contribution in [0.25, 0.3) is 0 Å². The van der Waals surface area contributed by atoms with Crippen LogP contribution in [0.3, 0.4) is 0 Å². The summed E-state index contributed by atoms with van der Waals surface area (Å²) < 4.78 is 13.3. The number of aromatic nitrogens is 3. The standard InChI is InChI=1S/C21H34N6O2.HI/c1-6-28-12-8-11-22-21(24-15-20-26-25-18(4)27(20)5)23-14-17(3)29-19-10-7-9-16(2)13-19;/h7,9-10,13,17H,6,8,11-12,14-15H2,1-5H3,(H2,22,23,24);1H. The maximum Gasteiger partial charge on any atom is 0.191 e. The van der Waals surface area contributed by atoms with Crippen molar-refractivity contribution in [3.8, 4) is 5.75 Å². The molecule has 168 valence electrons. The zero-order valence-electron chi connectivity index (χ0n) is 18.6. The highest BCUT2D eigenvalue weighted by molar-refractivity contribution is 14.0. The van der Waals surface area contributed by atoms with Crippen LogP contribution in [0, 0.1) is 13.8 Å². The lowest BCUT2D eigenvalue weighted by Gasteiger charge is -2.18. The van der Waals surface area contributed by atoms with Gasteiger partial charge in [-0.05, 0) is 51.8 Å². The van der Waals surface area contributed by atoms with Crippen molar-refractivity contribution in [1.82, 2.24) is 25.4 Å². The van der Waals surface area contributed by atoms with E-state index in [2.05, 4.69) is 38.8 Å². The summed E-state index contributed by atoms with van der Waals surface area (Å²) in [7, 11) is 1.95. The van der Waals surface area contributed by atoms with E-state index >= 15 is 0 Å². The van der Waals surface area contributed by atoms with Gasteiger partial charge in [-0.2, -0.15) is 0 Å². The average molecular weight is 530 g/mol. The molecule has 2 N–H and O–H groups in total. The largest absolute Gasteiger partial charge is 0.489 e. The lowest BCUT2D eigenvalue weighted by Crippen LogP contribution is -2.42. The number of aliphatic imine (C=N–C) groups is 1. The van der Waals surface area contributed by atoms with Gasteiger partial charge >= 0.3 is 0 Å². The van der Waals surface area contributed by atoms with Crippen LogP contribution in [-0.2, 0) is 18.3 Å². The fraction of sp³-hybridized carbons (Fsp3) is 0.571. The fourth-order valence-electron chi connectivity index (χ4n) is 2.64. The van der Waals surface area contributed by atoms with Crippen LogP contribution in [0.5, 0.6) is 5.75 Å². The zero-order chi connectivity index (χ0) is 21.1. The number of nitrogens with one attached hydrogen (secondary N) is 2. The molecule has 0 aliphatic rings. The third-order valence-electron chi connectivity index (χ3n) is 4.41. The Morgan fingerprint density at radius 3 is 2.70 bits per heavy atom. The molecular formula is C21H35IN6O2. The predicted molar refractivity (Wildman–Crippen MR) is 131 cm³/mol. The highest BCUT2D eigenvalue weighted by Gasteiger charge is 2.08. The van der Waals surface area contributed by atoms with Crippen molar-refractivity contribution >= 4 is 29.9 Å². The molecule has 0 saturated heterocycles. The molecule has 1 aromatic heterocycles. The van der Waals surface area contributed by atoms with Gasteiger partial charge in [0.15, 0.2) is 11.8 Å². The molecular weight excluding hydrogens is 495 g/mol. The molecule has 1 unspecified atom stereocenters. The number of halogens is 1. The fourth-order valence-corrected chi connectivity index (χ4v) is 2.64. The third kappa shape index (κ3) is 9.29. The molecule has 2 aromatic rings. The molecule has 0 saturated carbocycles. The van der Waals surface area contributed by atoms with Crippen LogP contribution in [0.2, 0.25) is 0 Å². The number of rotatable bonds is 11. The molecule has 0 spiro atoms. The van der Waals surface area contributed by atoms with Crippen molar-refractivity contribution in [3.63, 3.8) is 0 Å². The lowest BCUT2D eigenvalue weighted by molar-refractivity contribution is 0.145. The van der Waals surface area contributed by atoms with E-state index in [9.17, 15) is 0 Å². The summed E-state index contributed by atoms with van der Waals surface area (Å²) in [5.74, 6) is 3.29. The van der Waals surface area contributed by atoms with Gasteiger partial charge < -0.3 is 24.7 Å². The normalized spacial score (nSPS) is 12.2. The van der Waals surface area contributed by atoms with Crippen LogP contribution in [0.1, 0.15) is 37.5 Å². The summed E-state index contributed by atoms with van der Waals surface area (Å²) >= 11 is 0. The summed E-state index contributed by atoms with van der Waals surface area (Å²) in [6, 6.07) is 8.07. The monoisotopic (exact) mass is 530 g/mol. The molecule has 0 fully saturated rings. The van der Waals surface area contributed by atoms with Gasteiger partial charge in [-0.1, -0.05) is 12.1 Å². The van der Waals surface area contributed by atoms with Crippen molar-refractivity contribution in [2.75, 3.05) is 26.3 Å². The summed E-state index contributed by atoms with van der Waals surface area (Å²) in [5.41, 5.74) is 1.18. The Kier molecular flexibility index (Phi) is 12.4. The molecule has 0 aliphatic heterocycles. The van der Waals surface area contributed by atoms with Crippen LogP contribution in [-0.4, -0.2) is 53.1 Å². The van der Waals surface area contributed by atoms with Gasteiger partial charge in [0.1, 0.15) is 24.2 Å². The highest BCUT2D eigenvalue weighted by atomic mass is 127. The molecule has 0 amide bonds. The molecule has 0 bridgehead atoms. The van der Waals surface area contributed by atoms with Crippen molar-refractivity contribution in [3.05, 3.63) is 41.5 Å². The van der Waals surface area contributed by atoms with Crippen LogP contribution >= 0.6 is 24.0 Å². The first-order valence-electron chi connectivity index (χ1n) is 10.2. The second-order valence-corrected chi connectivity index (χ2v) is 6.99. The van der Waals surface area contributed by atoms with Crippen molar-refractivity contribution in [1.29, 1.82) is 0 Å².